The van der Waals surface area contributed by atoms with Gasteiger partial charge in [-0.15, -0.1) is 0 Å². The van der Waals surface area contributed by atoms with Crippen molar-refractivity contribution in [3.05, 3.63) is 35.4 Å². The van der Waals surface area contributed by atoms with E-state index in [0.717, 1.165) is 44.3 Å². The van der Waals surface area contributed by atoms with Crippen LogP contribution in [0.4, 0.5) is 0 Å². The molecule has 1 heterocycles. The summed E-state index contributed by atoms with van der Waals surface area (Å²) < 4.78 is 0. The predicted molar refractivity (Wildman–Crippen MR) is 66.7 cm³/mol. The Morgan fingerprint density at radius 2 is 1.88 bits per heavy atom. The summed E-state index contributed by atoms with van der Waals surface area (Å²) in [4.78, 5) is 13.0. The highest BCUT2D eigenvalue weighted by atomic mass is 16.3. The van der Waals surface area contributed by atoms with Gasteiger partial charge in [-0.05, 0) is 24.0 Å². The molecule has 1 saturated heterocycles. The van der Waals surface area contributed by atoms with Crippen LogP contribution in [0.5, 0.6) is 0 Å². The first-order valence-electron chi connectivity index (χ1n) is 6.20. The van der Waals surface area contributed by atoms with E-state index >= 15 is 0 Å². The Morgan fingerprint density at radius 3 is 2.53 bits per heavy atom. The first kappa shape index (κ1) is 12.3. The smallest absolute Gasteiger partial charge is 0.124 e. The van der Waals surface area contributed by atoms with Gasteiger partial charge in [0.05, 0.1) is 6.10 Å². The molecule has 92 valence electrons. The maximum atomic E-state index is 10.6. The number of aliphatic hydroxyl groups excluding tert-OH is 1. The van der Waals surface area contributed by atoms with Gasteiger partial charge in [0.2, 0.25) is 0 Å². The van der Waals surface area contributed by atoms with Crippen LogP contribution in [0.3, 0.4) is 0 Å². The fourth-order valence-corrected chi connectivity index (χ4v) is 2.32. The number of nitrogens with zero attached hydrogens (tertiary/aromatic N) is 1. The highest BCUT2D eigenvalue weighted by molar-refractivity contribution is 5.56. The molecule has 0 radical (unpaired) electrons. The van der Waals surface area contributed by atoms with E-state index < -0.39 is 0 Å². The van der Waals surface area contributed by atoms with Crippen LogP contribution in [0.15, 0.2) is 24.3 Å². The Balaban J connectivity index is 2.00. The summed E-state index contributed by atoms with van der Waals surface area (Å²) in [6, 6.07) is 8.09. The van der Waals surface area contributed by atoms with Gasteiger partial charge in [0.25, 0.3) is 0 Å². The van der Waals surface area contributed by atoms with Crippen LogP contribution < -0.4 is 0 Å². The number of aliphatic hydroxyl groups is 1. The first-order chi connectivity index (χ1) is 8.29. The number of hydrogen-bond acceptors (Lipinski definition) is 3. The second-order valence-corrected chi connectivity index (χ2v) is 4.65. The molecule has 2 rings (SSSR count). The van der Waals surface area contributed by atoms with Crippen LogP contribution in [0.25, 0.3) is 0 Å². The van der Waals surface area contributed by atoms with Gasteiger partial charge in [0, 0.05) is 26.1 Å². The largest absolute Gasteiger partial charge is 0.393 e. The number of benzene rings is 1. The van der Waals surface area contributed by atoms with Crippen molar-refractivity contribution >= 4 is 6.29 Å². The van der Waals surface area contributed by atoms with E-state index in [-0.39, 0.29) is 6.10 Å². The molecule has 0 aromatic heterocycles. The maximum Gasteiger partial charge on any atom is 0.124 e. The quantitative estimate of drug-likeness (QED) is 0.799. The van der Waals surface area contributed by atoms with E-state index in [9.17, 15) is 9.90 Å². The van der Waals surface area contributed by atoms with Crippen molar-refractivity contribution in [2.24, 2.45) is 0 Å². The van der Waals surface area contributed by atoms with Crippen molar-refractivity contribution in [3.63, 3.8) is 0 Å². The molecule has 0 saturated carbocycles. The van der Waals surface area contributed by atoms with Crippen LogP contribution in [-0.4, -0.2) is 35.5 Å². The van der Waals surface area contributed by atoms with Gasteiger partial charge in [0.15, 0.2) is 0 Å². The summed E-state index contributed by atoms with van der Waals surface area (Å²) in [5.41, 5.74) is 2.35. The van der Waals surface area contributed by atoms with Crippen LogP contribution in [0.1, 0.15) is 24.0 Å². The minimum atomic E-state index is -0.128. The fourth-order valence-electron chi connectivity index (χ4n) is 2.32. The van der Waals surface area contributed by atoms with Gasteiger partial charge in [-0.25, -0.2) is 0 Å². The average Bonchev–Trinajstić information content (AvgIpc) is 2.35. The molecule has 1 aliphatic heterocycles. The van der Waals surface area contributed by atoms with E-state index in [1.807, 2.05) is 18.2 Å². The van der Waals surface area contributed by atoms with Crippen molar-refractivity contribution in [2.75, 3.05) is 13.1 Å². The van der Waals surface area contributed by atoms with E-state index in [0.29, 0.717) is 6.42 Å². The summed E-state index contributed by atoms with van der Waals surface area (Å²) >= 11 is 0. The molecule has 0 spiro atoms. The minimum absolute atomic E-state index is 0.128. The molecule has 1 N–H and O–H groups in total. The van der Waals surface area contributed by atoms with Crippen molar-refractivity contribution in [2.45, 2.75) is 31.9 Å². The normalized spacial score (nSPS) is 18.2. The molecule has 17 heavy (non-hydrogen) atoms. The zero-order valence-electron chi connectivity index (χ0n) is 10.0. The molecule has 0 bridgehead atoms. The number of likely N-dealkylation sites (tertiary alicyclic amines) is 1. The van der Waals surface area contributed by atoms with Crippen LogP contribution in [0, 0.1) is 0 Å². The van der Waals surface area contributed by atoms with Crippen molar-refractivity contribution in [1.82, 2.24) is 4.90 Å². The molecule has 3 heteroatoms. The summed E-state index contributed by atoms with van der Waals surface area (Å²) in [6.07, 6.45) is 3.04. The van der Waals surface area contributed by atoms with Crippen molar-refractivity contribution < 1.29 is 9.90 Å². The second kappa shape index (κ2) is 5.94. The van der Waals surface area contributed by atoms with Crippen molar-refractivity contribution in [3.8, 4) is 0 Å². The zero-order valence-corrected chi connectivity index (χ0v) is 10.0. The van der Waals surface area contributed by atoms with Gasteiger partial charge in [0.1, 0.15) is 6.29 Å². The topological polar surface area (TPSA) is 40.5 Å². The van der Waals surface area contributed by atoms with Crippen LogP contribution in [0.2, 0.25) is 0 Å². The average molecular weight is 233 g/mol. The molecule has 0 unspecified atom stereocenters. The van der Waals surface area contributed by atoms with E-state index in [2.05, 4.69) is 11.0 Å². The lowest BCUT2D eigenvalue weighted by atomic mass is 10.0. The number of carbonyl (C=O) groups excluding carboxylic acids is 1. The third-order valence-corrected chi connectivity index (χ3v) is 3.37. The number of hydrogen-bond donors (Lipinski definition) is 1. The minimum Gasteiger partial charge on any atom is -0.393 e. The van der Waals surface area contributed by atoms with Gasteiger partial charge in [-0.3, -0.25) is 4.90 Å². The monoisotopic (exact) mass is 233 g/mol. The number of rotatable bonds is 4. The van der Waals surface area contributed by atoms with Crippen molar-refractivity contribution in [1.29, 1.82) is 0 Å². The molecule has 0 amide bonds. The molecule has 1 aliphatic rings. The molecule has 1 fully saturated rings. The van der Waals surface area contributed by atoms with Gasteiger partial charge in [-0.2, -0.15) is 0 Å². The summed E-state index contributed by atoms with van der Waals surface area (Å²) in [7, 11) is 0. The molecule has 1 aromatic rings. The van der Waals surface area contributed by atoms with Gasteiger partial charge < -0.3 is 9.90 Å². The molecular weight excluding hydrogens is 214 g/mol. The third-order valence-electron chi connectivity index (χ3n) is 3.37. The Kier molecular flexibility index (Phi) is 4.29. The Labute approximate surface area is 102 Å². The lowest BCUT2D eigenvalue weighted by molar-refractivity contribution is -0.107. The van der Waals surface area contributed by atoms with E-state index in [4.69, 9.17) is 0 Å². The number of piperidine rings is 1. The Hall–Kier alpha value is -1.19. The lowest BCUT2D eigenvalue weighted by Crippen LogP contribution is -2.35. The summed E-state index contributed by atoms with van der Waals surface area (Å²) in [6.45, 7) is 2.77. The van der Waals surface area contributed by atoms with Crippen LogP contribution >= 0.6 is 0 Å². The van der Waals surface area contributed by atoms with E-state index in [1.165, 1.54) is 5.56 Å². The van der Waals surface area contributed by atoms with Gasteiger partial charge in [-0.1, -0.05) is 24.3 Å². The first-order valence-corrected chi connectivity index (χ1v) is 6.20. The van der Waals surface area contributed by atoms with Gasteiger partial charge >= 0.3 is 0 Å². The number of aldehydes is 1. The second-order valence-electron chi connectivity index (χ2n) is 4.65. The summed E-state index contributed by atoms with van der Waals surface area (Å²) in [5, 5.41) is 9.46. The maximum absolute atomic E-state index is 10.6. The SMILES string of the molecule is O=CCc1ccccc1CN1CCC(O)CC1. The van der Waals surface area contributed by atoms with Crippen LogP contribution in [-0.2, 0) is 17.8 Å². The molecule has 0 atom stereocenters. The Morgan fingerprint density at radius 1 is 1.24 bits per heavy atom. The number of carbonyl (C=O) groups is 1. The summed E-state index contributed by atoms with van der Waals surface area (Å²) in [5.74, 6) is 0. The lowest BCUT2D eigenvalue weighted by Gasteiger charge is -2.30. The molecular formula is C14H19NO2. The van der Waals surface area contributed by atoms with E-state index in [1.54, 1.807) is 0 Å². The predicted octanol–water partition coefficient (Wildman–Crippen LogP) is 1.38. The Bertz CT molecular complexity index is 370. The molecule has 0 aliphatic carbocycles. The highest BCUT2D eigenvalue weighted by Crippen LogP contribution is 2.16. The third kappa shape index (κ3) is 3.38. The highest BCUT2D eigenvalue weighted by Gasteiger charge is 2.17. The molecule has 3 nitrogen and oxygen atoms in total. The fraction of sp³-hybridized carbons (Fsp3) is 0.500. The molecule has 1 aromatic carbocycles. The zero-order chi connectivity index (χ0) is 12.1. The standard InChI is InChI=1S/C14H19NO2/c16-10-7-12-3-1-2-4-13(12)11-15-8-5-14(17)6-9-15/h1-4,10,14,17H,5-9,11H2.